The molecule has 1 amide bonds. The first-order valence-corrected chi connectivity index (χ1v) is 10.8. The van der Waals surface area contributed by atoms with Gasteiger partial charge in [0.25, 0.3) is 5.91 Å². The first-order valence-electron chi connectivity index (χ1n) is 10.5. The van der Waals surface area contributed by atoms with Crippen LogP contribution in [0.3, 0.4) is 0 Å². The molecule has 0 spiro atoms. The number of methoxy groups -OCH3 is 1. The van der Waals surface area contributed by atoms with Gasteiger partial charge in [0, 0.05) is 36.8 Å². The molecule has 0 bridgehead atoms. The number of amides is 1. The molecule has 2 aliphatic rings. The largest absolute Gasteiger partial charge is 0.493 e. The maximum absolute atomic E-state index is 12.9. The number of hydrogen-bond acceptors (Lipinski definition) is 5. The summed E-state index contributed by atoms with van der Waals surface area (Å²) in [5.41, 5.74) is 2.24. The second kappa shape index (κ2) is 8.55. The predicted octanol–water partition coefficient (Wildman–Crippen LogP) is 4.99. The molecule has 0 saturated carbocycles. The Morgan fingerprint density at radius 1 is 1.00 bits per heavy atom. The zero-order valence-electron chi connectivity index (χ0n) is 17.6. The Morgan fingerprint density at radius 3 is 2.56 bits per heavy atom. The molecule has 32 heavy (non-hydrogen) atoms. The van der Waals surface area contributed by atoms with Crippen molar-refractivity contribution in [2.45, 2.75) is 0 Å². The van der Waals surface area contributed by atoms with Crippen LogP contribution in [0.1, 0.15) is 15.9 Å². The van der Waals surface area contributed by atoms with Gasteiger partial charge < -0.3 is 19.3 Å². The third kappa shape index (κ3) is 3.78. The number of halogens is 1. The van der Waals surface area contributed by atoms with E-state index in [1.807, 2.05) is 47.4 Å². The minimum Gasteiger partial charge on any atom is -0.493 e. The summed E-state index contributed by atoms with van der Waals surface area (Å²) in [6.45, 7) is 2.49. The molecule has 3 aromatic carbocycles. The van der Waals surface area contributed by atoms with Crippen LogP contribution >= 0.6 is 11.6 Å². The highest BCUT2D eigenvalue weighted by Crippen LogP contribution is 2.42. The summed E-state index contributed by atoms with van der Waals surface area (Å²) in [4.78, 5) is 21.9. The Morgan fingerprint density at radius 2 is 1.78 bits per heavy atom. The number of piperazine rings is 1. The quantitative estimate of drug-likeness (QED) is 0.555. The fourth-order valence-corrected chi connectivity index (χ4v) is 4.23. The number of carbonyl (C=O) groups excluding carboxylic acids is 1. The van der Waals surface area contributed by atoms with E-state index >= 15 is 0 Å². The first kappa shape index (κ1) is 20.4. The lowest BCUT2D eigenvalue weighted by atomic mass is 10.1. The lowest BCUT2D eigenvalue weighted by Gasteiger charge is -2.36. The molecule has 0 radical (unpaired) electrons. The number of rotatable bonds is 2. The van der Waals surface area contributed by atoms with E-state index in [1.165, 1.54) is 0 Å². The Labute approximate surface area is 191 Å². The van der Waals surface area contributed by atoms with E-state index in [0.717, 1.165) is 17.1 Å². The maximum Gasteiger partial charge on any atom is 0.254 e. The van der Waals surface area contributed by atoms with Gasteiger partial charge in [0.05, 0.1) is 12.7 Å². The highest BCUT2D eigenvalue weighted by molar-refractivity contribution is 6.31. The maximum atomic E-state index is 12.9. The SMILES string of the molecule is COc1cccc2c1Oc1ccccc1N=C2N1CCN(C(=O)c2cccc(Cl)c2)CC1. The van der Waals surface area contributed by atoms with Crippen molar-refractivity contribution in [2.75, 3.05) is 33.3 Å². The van der Waals surface area contributed by atoms with Crippen molar-refractivity contribution in [2.24, 2.45) is 4.99 Å². The van der Waals surface area contributed by atoms with Crippen LogP contribution in [0.5, 0.6) is 17.2 Å². The van der Waals surface area contributed by atoms with E-state index < -0.39 is 0 Å². The summed E-state index contributed by atoms with van der Waals surface area (Å²) in [5, 5.41) is 0.562. The fraction of sp³-hybridized carbons (Fsp3) is 0.200. The molecule has 1 saturated heterocycles. The van der Waals surface area contributed by atoms with Crippen LogP contribution in [-0.2, 0) is 0 Å². The van der Waals surface area contributed by atoms with E-state index in [0.29, 0.717) is 54.0 Å². The summed E-state index contributed by atoms with van der Waals surface area (Å²) < 4.78 is 11.8. The van der Waals surface area contributed by atoms with Crippen molar-refractivity contribution in [1.82, 2.24) is 9.80 Å². The van der Waals surface area contributed by atoms with Crippen molar-refractivity contribution in [1.29, 1.82) is 0 Å². The van der Waals surface area contributed by atoms with Crippen LogP contribution in [0.25, 0.3) is 0 Å². The molecule has 0 aromatic heterocycles. The van der Waals surface area contributed by atoms with Crippen LogP contribution in [-0.4, -0.2) is 54.8 Å². The summed E-state index contributed by atoms with van der Waals surface area (Å²) in [5.74, 6) is 2.80. The second-order valence-corrected chi connectivity index (χ2v) is 8.07. The molecule has 1 fully saturated rings. The van der Waals surface area contributed by atoms with E-state index in [2.05, 4.69) is 4.90 Å². The highest BCUT2D eigenvalue weighted by atomic mass is 35.5. The van der Waals surface area contributed by atoms with E-state index in [-0.39, 0.29) is 5.91 Å². The molecule has 162 valence electrons. The monoisotopic (exact) mass is 447 g/mol. The Bertz CT molecular complexity index is 1200. The zero-order valence-corrected chi connectivity index (χ0v) is 18.4. The van der Waals surface area contributed by atoms with Gasteiger partial charge in [0.15, 0.2) is 17.2 Å². The molecular weight excluding hydrogens is 426 g/mol. The van der Waals surface area contributed by atoms with Gasteiger partial charge in [-0.15, -0.1) is 0 Å². The third-order valence-electron chi connectivity index (χ3n) is 5.68. The average Bonchev–Trinajstić information content (AvgIpc) is 3.00. The average molecular weight is 448 g/mol. The molecule has 2 heterocycles. The number of benzene rings is 3. The Balaban J connectivity index is 1.44. The van der Waals surface area contributed by atoms with Crippen molar-refractivity contribution < 1.29 is 14.3 Å². The molecule has 0 N–H and O–H groups in total. The summed E-state index contributed by atoms with van der Waals surface area (Å²) in [7, 11) is 1.63. The van der Waals surface area contributed by atoms with Crippen molar-refractivity contribution in [3.63, 3.8) is 0 Å². The van der Waals surface area contributed by atoms with Gasteiger partial charge in [0.1, 0.15) is 11.5 Å². The molecule has 6 nitrogen and oxygen atoms in total. The lowest BCUT2D eigenvalue weighted by molar-refractivity contribution is 0.0692. The molecule has 3 aromatic rings. The molecule has 2 aliphatic heterocycles. The number of fused-ring (bicyclic) bond motifs is 2. The highest BCUT2D eigenvalue weighted by Gasteiger charge is 2.29. The third-order valence-corrected chi connectivity index (χ3v) is 5.92. The lowest BCUT2D eigenvalue weighted by Crippen LogP contribution is -2.50. The Hall–Kier alpha value is -3.51. The number of hydrogen-bond donors (Lipinski definition) is 0. The molecule has 5 rings (SSSR count). The van der Waals surface area contributed by atoms with Gasteiger partial charge in [-0.2, -0.15) is 0 Å². The fourth-order valence-electron chi connectivity index (χ4n) is 4.04. The van der Waals surface area contributed by atoms with Crippen LogP contribution in [0.4, 0.5) is 5.69 Å². The van der Waals surface area contributed by atoms with Gasteiger partial charge >= 0.3 is 0 Å². The van der Waals surface area contributed by atoms with Gasteiger partial charge in [0.2, 0.25) is 0 Å². The number of para-hydroxylation sites is 3. The summed E-state index contributed by atoms with van der Waals surface area (Å²) >= 11 is 6.07. The van der Waals surface area contributed by atoms with E-state index in [4.69, 9.17) is 26.1 Å². The van der Waals surface area contributed by atoms with E-state index in [1.54, 1.807) is 31.4 Å². The van der Waals surface area contributed by atoms with Crippen molar-refractivity contribution >= 4 is 29.0 Å². The second-order valence-electron chi connectivity index (χ2n) is 7.63. The smallest absolute Gasteiger partial charge is 0.254 e. The van der Waals surface area contributed by atoms with Crippen LogP contribution in [0, 0.1) is 0 Å². The van der Waals surface area contributed by atoms with E-state index in [9.17, 15) is 4.79 Å². The van der Waals surface area contributed by atoms with Gasteiger partial charge in [-0.3, -0.25) is 4.79 Å². The molecule has 7 heteroatoms. The minimum atomic E-state index is -0.00861. The topological polar surface area (TPSA) is 54.4 Å². The number of carbonyl (C=O) groups is 1. The molecule has 0 unspecified atom stereocenters. The molecule has 0 aliphatic carbocycles. The number of ether oxygens (including phenoxy) is 2. The number of amidine groups is 1. The van der Waals surface area contributed by atoms with Crippen molar-refractivity contribution in [3.8, 4) is 17.2 Å². The van der Waals surface area contributed by atoms with Gasteiger partial charge in [-0.1, -0.05) is 35.9 Å². The zero-order chi connectivity index (χ0) is 22.1. The van der Waals surface area contributed by atoms with Gasteiger partial charge in [-0.05, 0) is 42.5 Å². The Kier molecular flexibility index (Phi) is 5.45. The first-order chi connectivity index (χ1) is 15.6. The van der Waals surface area contributed by atoms with Crippen molar-refractivity contribution in [3.05, 3.63) is 82.9 Å². The molecule has 0 atom stereocenters. The van der Waals surface area contributed by atoms with Crippen LogP contribution < -0.4 is 9.47 Å². The number of nitrogens with zero attached hydrogens (tertiary/aromatic N) is 3. The summed E-state index contributed by atoms with van der Waals surface area (Å²) in [6.07, 6.45) is 0. The summed E-state index contributed by atoms with van der Waals surface area (Å²) in [6, 6.07) is 20.6. The number of aliphatic imine (C=N–C) groups is 1. The van der Waals surface area contributed by atoms with Gasteiger partial charge in [-0.25, -0.2) is 4.99 Å². The normalized spacial score (nSPS) is 15.1. The predicted molar refractivity (Wildman–Crippen MR) is 125 cm³/mol. The standard InChI is InChI=1S/C25H22ClN3O3/c1-31-22-11-5-8-19-23(22)32-21-10-3-2-9-20(21)27-24(19)28-12-14-29(15-13-28)25(30)17-6-4-7-18(26)16-17/h2-11,16H,12-15H2,1H3. The molecular formula is C25H22ClN3O3. The minimum absolute atomic E-state index is 0.00861. The van der Waals surface area contributed by atoms with Crippen LogP contribution in [0.2, 0.25) is 5.02 Å². The van der Waals surface area contributed by atoms with Crippen LogP contribution in [0.15, 0.2) is 71.7 Å².